The van der Waals surface area contributed by atoms with Gasteiger partial charge in [-0.15, -0.1) is 0 Å². The monoisotopic (exact) mass is 485 g/mol. The van der Waals surface area contributed by atoms with E-state index in [-0.39, 0.29) is 0 Å². The van der Waals surface area contributed by atoms with Gasteiger partial charge in [0.1, 0.15) is 6.61 Å². The Morgan fingerprint density at radius 2 is 1.68 bits per heavy atom. The van der Waals surface area contributed by atoms with Crippen LogP contribution in [0.4, 0.5) is 5.69 Å². The molecule has 0 N–H and O–H groups in total. The quantitative estimate of drug-likeness (QED) is 0.293. The van der Waals surface area contributed by atoms with Gasteiger partial charge in [-0.2, -0.15) is 0 Å². The number of benzene rings is 3. The average Bonchev–Trinajstić information content (AvgIpc) is 2.69. The molecular weight excluding hydrogens is 461 g/mol. The molecule has 3 nitrogen and oxygen atoms in total. The molecule has 0 spiro atoms. The zero-order chi connectivity index (χ0) is 20.1. The maximum Gasteiger partial charge on any atom is 0.174 e. The van der Waals surface area contributed by atoms with Gasteiger partial charge in [-0.1, -0.05) is 35.9 Å². The van der Waals surface area contributed by atoms with Gasteiger partial charge in [-0.3, -0.25) is 4.99 Å². The molecule has 0 radical (unpaired) electrons. The largest absolute Gasteiger partial charge is 0.493 e. The molecule has 0 aliphatic carbocycles. The van der Waals surface area contributed by atoms with Crippen LogP contribution >= 0.6 is 22.6 Å². The minimum absolute atomic E-state index is 0.503. The molecule has 0 heterocycles. The van der Waals surface area contributed by atoms with Gasteiger partial charge in [0.2, 0.25) is 0 Å². The topological polar surface area (TPSA) is 30.8 Å². The maximum absolute atomic E-state index is 6.05. The van der Waals surface area contributed by atoms with Gasteiger partial charge in [0.25, 0.3) is 0 Å². The van der Waals surface area contributed by atoms with Crippen LogP contribution in [0.2, 0.25) is 0 Å². The van der Waals surface area contributed by atoms with E-state index in [0.717, 1.165) is 26.1 Å². The van der Waals surface area contributed by atoms with Crippen LogP contribution in [-0.4, -0.2) is 13.3 Å². The zero-order valence-electron chi connectivity index (χ0n) is 16.6. The summed E-state index contributed by atoms with van der Waals surface area (Å²) in [5.41, 5.74) is 6.79. The first kappa shape index (κ1) is 20.4. The van der Waals surface area contributed by atoms with E-state index >= 15 is 0 Å². The van der Waals surface area contributed by atoms with E-state index in [1.54, 1.807) is 7.11 Å². The van der Waals surface area contributed by atoms with Crippen LogP contribution in [0.3, 0.4) is 0 Å². The summed E-state index contributed by atoms with van der Waals surface area (Å²) in [6, 6.07) is 18.6. The second kappa shape index (κ2) is 9.24. The molecule has 3 rings (SSSR count). The predicted octanol–water partition coefficient (Wildman–Crippen LogP) is 6.55. The summed E-state index contributed by atoms with van der Waals surface area (Å²) < 4.78 is 12.6. The minimum atomic E-state index is 0.503. The molecule has 0 fully saturated rings. The first-order chi connectivity index (χ1) is 13.5. The molecule has 0 saturated carbocycles. The Kier molecular flexibility index (Phi) is 6.73. The zero-order valence-corrected chi connectivity index (χ0v) is 18.8. The van der Waals surface area contributed by atoms with Crippen LogP contribution in [0.1, 0.15) is 27.8 Å². The van der Waals surface area contributed by atoms with Crippen LogP contribution in [0.15, 0.2) is 59.6 Å². The lowest BCUT2D eigenvalue weighted by Crippen LogP contribution is -2.00. The minimum Gasteiger partial charge on any atom is -0.493 e. The molecule has 4 heteroatoms. The number of nitrogens with zero attached hydrogens (tertiary/aromatic N) is 1. The Labute approximate surface area is 180 Å². The van der Waals surface area contributed by atoms with Crippen molar-refractivity contribution in [2.24, 2.45) is 4.99 Å². The second-order valence-corrected chi connectivity index (χ2v) is 8.00. The summed E-state index contributed by atoms with van der Waals surface area (Å²) in [5, 5.41) is 0. The smallest absolute Gasteiger partial charge is 0.174 e. The average molecular weight is 485 g/mol. The number of aliphatic imine (C=N–C) groups is 1. The van der Waals surface area contributed by atoms with Crippen LogP contribution in [0.25, 0.3) is 0 Å². The highest BCUT2D eigenvalue weighted by molar-refractivity contribution is 14.1. The summed E-state index contributed by atoms with van der Waals surface area (Å²) >= 11 is 2.28. The Balaban J connectivity index is 1.79. The van der Waals surface area contributed by atoms with Crippen LogP contribution < -0.4 is 9.47 Å². The predicted molar refractivity (Wildman–Crippen MR) is 124 cm³/mol. The van der Waals surface area contributed by atoms with E-state index in [9.17, 15) is 0 Å². The Hall–Kier alpha value is -2.34. The van der Waals surface area contributed by atoms with Gasteiger partial charge >= 0.3 is 0 Å². The lowest BCUT2D eigenvalue weighted by atomic mass is 10.1. The molecule has 3 aromatic carbocycles. The van der Waals surface area contributed by atoms with E-state index in [1.165, 1.54) is 16.7 Å². The van der Waals surface area contributed by atoms with Crippen molar-refractivity contribution in [2.45, 2.75) is 27.4 Å². The fraction of sp³-hybridized carbons (Fsp3) is 0.208. The van der Waals surface area contributed by atoms with E-state index in [0.29, 0.717) is 12.4 Å². The normalized spacial score (nSPS) is 11.0. The summed E-state index contributed by atoms with van der Waals surface area (Å²) in [7, 11) is 1.66. The third-order valence-electron chi connectivity index (χ3n) is 4.61. The molecule has 28 heavy (non-hydrogen) atoms. The van der Waals surface area contributed by atoms with E-state index in [1.807, 2.05) is 18.3 Å². The van der Waals surface area contributed by atoms with Crippen molar-refractivity contribution in [1.29, 1.82) is 0 Å². The van der Waals surface area contributed by atoms with Crippen LogP contribution in [-0.2, 0) is 6.61 Å². The van der Waals surface area contributed by atoms with E-state index in [4.69, 9.17) is 9.47 Å². The van der Waals surface area contributed by atoms with Crippen LogP contribution in [0.5, 0.6) is 11.5 Å². The van der Waals surface area contributed by atoms with Gasteiger partial charge in [-0.25, -0.2) is 0 Å². The van der Waals surface area contributed by atoms with Crippen LogP contribution in [0, 0.1) is 24.3 Å². The number of methoxy groups -OCH3 is 1. The molecule has 0 aliphatic rings. The SMILES string of the molecule is COc1cc(C=Nc2ccc(C)c(C)c2)cc(I)c1OCc1ccc(C)cc1. The van der Waals surface area contributed by atoms with Crippen molar-refractivity contribution in [3.05, 3.63) is 86.0 Å². The summed E-state index contributed by atoms with van der Waals surface area (Å²) in [6.07, 6.45) is 1.86. The number of aryl methyl sites for hydroxylation is 3. The van der Waals surface area contributed by atoms with Gasteiger partial charge < -0.3 is 9.47 Å². The fourth-order valence-electron chi connectivity index (χ4n) is 2.75. The maximum atomic E-state index is 6.05. The highest BCUT2D eigenvalue weighted by atomic mass is 127. The molecule has 3 aromatic rings. The molecule has 0 atom stereocenters. The van der Waals surface area contributed by atoms with Crippen molar-refractivity contribution < 1.29 is 9.47 Å². The van der Waals surface area contributed by atoms with Crippen molar-refractivity contribution >= 4 is 34.5 Å². The molecule has 144 valence electrons. The molecular formula is C24H24INO2. The van der Waals surface area contributed by atoms with Gasteiger partial charge in [0, 0.05) is 6.21 Å². The molecule has 0 unspecified atom stereocenters. The Bertz CT molecular complexity index is 994. The number of hydrogen-bond donors (Lipinski definition) is 0. The summed E-state index contributed by atoms with van der Waals surface area (Å²) in [4.78, 5) is 4.60. The highest BCUT2D eigenvalue weighted by Crippen LogP contribution is 2.34. The number of hydrogen-bond acceptors (Lipinski definition) is 3. The standard InChI is InChI=1S/C24H24INO2/c1-16-5-8-19(9-6-16)15-28-24-22(25)12-20(13-23(24)27-4)14-26-21-10-7-17(2)18(3)11-21/h5-14H,15H2,1-4H3. The summed E-state index contributed by atoms with van der Waals surface area (Å²) in [6.45, 7) is 6.78. The number of halogens is 1. The van der Waals surface area contributed by atoms with E-state index in [2.05, 4.69) is 90.8 Å². The van der Waals surface area contributed by atoms with Crippen molar-refractivity contribution in [3.8, 4) is 11.5 Å². The lowest BCUT2D eigenvalue weighted by Gasteiger charge is -2.13. The third kappa shape index (κ3) is 5.13. The van der Waals surface area contributed by atoms with Gasteiger partial charge in [0.15, 0.2) is 11.5 Å². The molecule has 0 bridgehead atoms. The van der Waals surface area contributed by atoms with Gasteiger partial charge in [0.05, 0.1) is 16.4 Å². The fourth-order valence-corrected chi connectivity index (χ4v) is 3.53. The Morgan fingerprint density at radius 3 is 2.36 bits per heavy atom. The van der Waals surface area contributed by atoms with Crippen molar-refractivity contribution in [3.63, 3.8) is 0 Å². The first-order valence-corrected chi connectivity index (χ1v) is 10.2. The molecule has 0 aromatic heterocycles. The lowest BCUT2D eigenvalue weighted by molar-refractivity contribution is 0.282. The number of rotatable bonds is 6. The van der Waals surface area contributed by atoms with Gasteiger partial charge in [-0.05, 0) is 89.9 Å². The third-order valence-corrected chi connectivity index (χ3v) is 5.41. The Morgan fingerprint density at radius 1 is 0.929 bits per heavy atom. The van der Waals surface area contributed by atoms with E-state index < -0.39 is 0 Å². The second-order valence-electron chi connectivity index (χ2n) is 6.84. The molecule has 0 saturated heterocycles. The highest BCUT2D eigenvalue weighted by Gasteiger charge is 2.11. The molecule has 0 amide bonds. The molecule has 0 aliphatic heterocycles. The van der Waals surface area contributed by atoms with Crippen molar-refractivity contribution in [2.75, 3.05) is 7.11 Å². The number of ether oxygens (including phenoxy) is 2. The summed E-state index contributed by atoms with van der Waals surface area (Å²) in [5.74, 6) is 1.47. The van der Waals surface area contributed by atoms with Crippen molar-refractivity contribution in [1.82, 2.24) is 0 Å². The first-order valence-electron chi connectivity index (χ1n) is 9.13.